The Hall–Kier alpha value is -1.46. The van der Waals surface area contributed by atoms with E-state index in [1.54, 1.807) is 6.07 Å². The van der Waals surface area contributed by atoms with E-state index in [-0.39, 0.29) is 12.1 Å². The predicted molar refractivity (Wildman–Crippen MR) is 85.4 cm³/mol. The van der Waals surface area contributed by atoms with Crippen LogP contribution in [-0.4, -0.2) is 43.7 Å². The molecule has 1 saturated carbocycles. The zero-order valence-corrected chi connectivity index (χ0v) is 13.6. The molecule has 3 atom stereocenters. The first-order chi connectivity index (χ1) is 10.5. The Morgan fingerprint density at radius 1 is 1.41 bits per heavy atom. The van der Waals surface area contributed by atoms with Gasteiger partial charge >= 0.3 is 5.97 Å². The van der Waals surface area contributed by atoms with Crippen LogP contribution in [0.1, 0.15) is 29.6 Å². The largest absolute Gasteiger partial charge is 0.496 e. The average molecular weight is 325 g/mol. The number of carbonyl (C=O) groups is 1. The number of benzene rings is 1. The van der Waals surface area contributed by atoms with E-state index in [9.17, 15) is 4.79 Å². The molecule has 2 bridgehead atoms. The Morgan fingerprint density at radius 3 is 2.77 bits per heavy atom. The summed E-state index contributed by atoms with van der Waals surface area (Å²) >= 11 is 6.02. The SMILES string of the molecule is COc1cc(N)c(Cl)cc1C(=O)OC1CC2CCC1CN2C. The van der Waals surface area contributed by atoms with Gasteiger partial charge in [-0.1, -0.05) is 11.6 Å². The number of ether oxygens (including phenoxy) is 2. The number of methoxy groups -OCH3 is 1. The van der Waals surface area contributed by atoms with Gasteiger partial charge in [0, 0.05) is 31.0 Å². The fourth-order valence-electron chi connectivity index (χ4n) is 3.54. The van der Waals surface area contributed by atoms with Crippen LogP contribution >= 0.6 is 11.6 Å². The predicted octanol–water partition coefficient (Wildman–Crippen LogP) is 2.57. The summed E-state index contributed by atoms with van der Waals surface area (Å²) in [6, 6.07) is 3.59. The number of hydrogen-bond acceptors (Lipinski definition) is 5. The normalized spacial score (nSPS) is 27.7. The van der Waals surface area contributed by atoms with Gasteiger partial charge in [0.2, 0.25) is 0 Å². The molecular weight excluding hydrogens is 304 g/mol. The van der Waals surface area contributed by atoms with Gasteiger partial charge in [-0.05, 0) is 26.0 Å². The maximum absolute atomic E-state index is 12.5. The minimum absolute atomic E-state index is 0.0246. The van der Waals surface area contributed by atoms with E-state index in [0.717, 1.165) is 19.4 Å². The first-order valence-corrected chi connectivity index (χ1v) is 7.91. The van der Waals surface area contributed by atoms with Gasteiger partial charge in [-0.2, -0.15) is 0 Å². The van der Waals surface area contributed by atoms with Crippen molar-refractivity contribution in [2.75, 3.05) is 26.4 Å². The molecule has 0 amide bonds. The highest BCUT2D eigenvalue weighted by Gasteiger charge is 2.41. The second kappa shape index (κ2) is 5.97. The Bertz CT molecular complexity index is 593. The number of hydrogen-bond donors (Lipinski definition) is 1. The molecule has 22 heavy (non-hydrogen) atoms. The highest BCUT2D eigenvalue weighted by molar-refractivity contribution is 6.33. The summed E-state index contributed by atoms with van der Waals surface area (Å²) in [5.74, 6) is 0.415. The van der Waals surface area contributed by atoms with E-state index in [2.05, 4.69) is 11.9 Å². The lowest BCUT2D eigenvalue weighted by Gasteiger charge is -2.47. The minimum atomic E-state index is -0.390. The van der Waals surface area contributed by atoms with Crippen molar-refractivity contribution in [2.24, 2.45) is 5.92 Å². The summed E-state index contributed by atoms with van der Waals surface area (Å²) in [6.07, 6.45) is 3.18. The summed E-state index contributed by atoms with van der Waals surface area (Å²) in [5.41, 5.74) is 6.46. The van der Waals surface area contributed by atoms with Gasteiger partial charge in [0.25, 0.3) is 0 Å². The summed E-state index contributed by atoms with van der Waals surface area (Å²) < 4.78 is 11.0. The molecular formula is C16H21ClN2O3. The zero-order chi connectivity index (χ0) is 15.9. The van der Waals surface area contributed by atoms with Crippen molar-refractivity contribution in [3.63, 3.8) is 0 Å². The van der Waals surface area contributed by atoms with E-state index in [1.165, 1.54) is 19.6 Å². The molecule has 120 valence electrons. The van der Waals surface area contributed by atoms with Gasteiger partial charge in [0.15, 0.2) is 0 Å². The smallest absolute Gasteiger partial charge is 0.342 e. The lowest BCUT2D eigenvalue weighted by atomic mass is 9.78. The molecule has 1 aliphatic carbocycles. The van der Waals surface area contributed by atoms with Crippen molar-refractivity contribution in [2.45, 2.75) is 31.4 Å². The van der Waals surface area contributed by atoms with E-state index < -0.39 is 0 Å². The van der Waals surface area contributed by atoms with Crippen molar-refractivity contribution >= 4 is 23.3 Å². The fraction of sp³-hybridized carbons (Fsp3) is 0.562. The Labute approximate surface area is 135 Å². The maximum atomic E-state index is 12.5. The number of nitrogens with two attached hydrogens (primary N) is 1. The molecule has 3 fully saturated rings. The summed E-state index contributed by atoms with van der Waals surface area (Å²) in [4.78, 5) is 14.9. The molecule has 3 aliphatic rings. The minimum Gasteiger partial charge on any atom is -0.496 e. The summed E-state index contributed by atoms with van der Waals surface area (Å²) in [5, 5.41) is 0.331. The number of piperidine rings is 2. The van der Waals surface area contributed by atoms with Gasteiger partial charge in [0.1, 0.15) is 17.4 Å². The maximum Gasteiger partial charge on any atom is 0.342 e. The second-order valence-electron chi connectivity index (χ2n) is 6.18. The number of nitrogen functional groups attached to an aromatic ring is 1. The van der Waals surface area contributed by atoms with Crippen LogP contribution in [-0.2, 0) is 4.74 Å². The number of rotatable bonds is 3. The molecule has 2 N–H and O–H groups in total. The van der Waals surface area contributed by atoms with Crippen molar-refractivity contribution in [3.05, 3.63) is 22.7 Å². The average Bonchev–Trinajstić information content (AvgIpc) is 2.50. The third-order valence-electron chi connectivity index (χ3n) is 4.84. The standard InChI is InChI=1S/C16H21ClN2O3/c1-19-8-9-3-4-10(19)5-14(9)22-16(20)11-6-12(17)13(18)7-15(11)21-2/h6-7,9-10,14H,3-5,8,18H2,1-2H3. The van der Waals surface area contributed by atoms with Gasteiger partial charge in [-0.3, -0.25) is 0 Å². The van der Waals surface area contributed by atoms with E-state index in [1.807, 2.05) is 0 Å². The third kappa shape index (κ3) is 2.75. The van der Waals surface area contributed by atoms with Crippen LogP contribution in [0, 0.1) is 5.92 Å². The molecule has 1 aromatic carbocycles. The lowest BCUT2D eigenvalue weighted by molar-refractivity contribution is -0.0559. The molecule has 6 heteroatoms. The Kier molecular flexibility index (Phi) is 4.19. The Morgan fingerprint density at radius 2 is 2.18 bits per heavy atom. The van der Waals surface area contributed by atoms with E-state index in [0.29, 0.717) is 34.0 Å². The van der Waals surface area contributed by atoms with Gasteiger partial charge in [0.05, 0.1) is 17.8 Å². The van der Waals surface area contributed by atoms with Crippen LogP contribution in [0.2, 0.25) is 5.02 Å². The topological polar surface area (TPSA) is 64.8 Å². The number of nitrogens with zero attached hydrogens (tertiary/aromatic N) is 1. The molecule has 4 rings (SSSR count). The molecule has 0 radical (unpaired) electrons. The lowest BCUT2D eigenvalue weighted by Crippen LogP contribution is -2.53. The van der Waals surface area contributed by atoms with Crippen LogP contribution in [0.3, 0.4) is 0 Å². The molecule has 2 saturated heterocycles. The quantitative estimate of drug-likeness (QED) is 0.684. The van der Waals surface area contributed by atoms with Crippen molar-refractivity contribution in [3.8, 4) is 5.75 Å². The van der Waals surface area contributed by atoms with Crippen LogP contribution < -0.4 is 10.5 Å². The van der Waals surface area contributed by atoms with Crippen LogP contribution in [0.4, 0.5) is 5.69 Å². The number of fused-ring (bicyclic) bond motifs is 3. The summed E-state index contributed by atoms with van der Waals surface area (Å²) in [6.45, 7) is 0.988. The van der Waals surface area contributed by atoms with Crippen molar-refractivity contribution in [1.82, 2.24) is 4.90 Å². The number of anilines is 1. The highest BCUT2D eigenvalue weighted by Crippen LogP contribution is 2.37. The number of halogens is 1. The first-order valence-electron chi connectivity index (χ1n) is 7.53. The van der Waals surface area contributed by atoms with E-state index >= 15 is 0 Å². The van der Waals surface area contributed by atoms with Crippen LogP contribution in [0.15, 0.2) is 12.1 Å². The first kappa shape index (κ1) is 15.4. The van der Waals surface area contributed by atoms with Crippen LogP contribution in [0.5, 0.6) is 5.75 Å². The van der Waals surface area contributed by atoms with E-state index in [4.69, 9.17) is 26.8 Å². The van der Waals surface area contributed by atoms with Gasteiger partial charge < -0.3 is 20.1 Å². The van der Waals surface area contributed by atoms with Crippen molar-refractivity contribution in [1.29, 1.82) is 0 Å². The molecule has 2 heterocycles. The highest BCUT2D eigenvalue weighted by atomic mass is 35.5. The Balaban J connectivity index is 1.77. The zero-order valence-electron chi connectivity index (χ0n) is 12.8. The number of carbonyl (C=O) groups excluding carboxylic acids is 1. The second-order valence-corrected chi connectivity index (χ2v) is 6.59. The van der Waals surface area contributed by atoms with Crippen LogP contribution in [0.25, 0.3) is 0 Å². The molecule has 1 aromatic rings. The fourth-order valence-corrected chi connectivity index (χ4v) is 3.71. The molecule has 5 nitrogen and oxygen atoms in total. The van der Waals surface area contributed by atoms with Gasteiger partial charge in [-0.15, -0.1) is 0 Å². The summed E-state index contributed by atoms with van der Waals surface area (Å²) in [7, 11) is 3.63. The molecule has 3 unspecified atom stereocenters. The van der Waals surface area contributed by atoms with Gasteiger partial charge in [-0.25, -0.2) is 4.79 Å². The third-order valence-corrected chi connectivity index (χ3v) is 5.17. The monoisotopic (exact) mass is 324 g/mol. The molecule has 0 spiro atoms. The van der Waals surface area contributed by atoms with Crippen molar-refractivity contribution < 1.29 is 14.3 Å². The number of esters is 1. The molecule has 2 aliphatic heterocycles. The molecule has 0 aromatic heterocycles.